The number of rotatable bonds is 7. The van der Waals surface area contributed by atoms with Crippen molar-refractivity contribution in [2.75, 3.05) is 6.54 Å². The average Bonchev–Trinajstić information content (AvgIpc) is 2.08. The van der Waals surface area contributed by atoms with Crippen LogP contribution in [0.1, 0.15) is 59.3 Å². The standard InChI is InChI=1S/C12H25NO2/c1-12(2,3)15-11(14)9-7-5-4-6-8-10-13/h4-10,13H2,1-3H3. The second-order valence-corrected chi connectivity index (χ2v) is 4.89. The third-order valence-corrected chi connectivity index (χ3v) is 2.01. The maximum atomic E-state index is 11.3. The number of hydrogen-bond donors (Lipinski definition) is 1. The summed E-state index contributed by atoms with van der Waals surface area (Å²) in [5.74, 6) is -0.0821. The second kappa shape index (κ2) is 7.69. The second-order valence-electron chi connectivity index (χ2n) is 4.89. The van der Waals surface area contributed by atoms with Crippen molar-refractivity contribution in [2.24, 2.45) is 5.73 Å². The zero-order valence-corrected chi connectivity index (χ0v) is 10.3. The van der Waals surface area contributed by atoms with Gasteiger partial charge in [-0.05, 0) is 40.2 Å². The summed E-state index contributed by atoms with van der Waals surface area (Å²) in [4.78, 5) is 11.3. The van der Waals surface area contributed by atoms with E-state index in [1.807, 2.05) is 20.8 Å². The quantitative estimate of drug-likeness (QED) is 0.524. The molecular formula is C12H25NO2. The molecule has 0 amide bonds. The molecule has 0 rings (SSSR count). The van der Waals surface area contributed by atoms with E-state index < -0.39 is 0 Å². The van der Waals surface area contributed by atoms with Crippen LogP contribution < -0.4 is 5.73 Å². The van der Waals surface area contributed by atoms with E-state index in [4.69, 9.17) is 10.5 Å². The monoisotopic (exact) mass is 215 g/mol. The molecule has 0 aromatic carbocycles. The minimum absolute atomic E-state index is 0.0821. The molecular weight excluding hydrogens is 190 g/mol. The lowest BCUT2D eigenvalue weighted by Gasteiger charge is -2.19. The van der Waals surface area contributed by atoms with Crippen molar-refractivity contribution in [3.05, 3.63) is 0 Å². The molecule has 0 aliphatic rings. The number of unbranched alkanes of at least 4 members (excludes halogenated alkanes) is 4. The van der Waals surface area contributed by atoms with Gasteiger partial charge in [0.05, 0.1) is 0 Å². The number of hydrogen-bond acceptors (Lipinski definition) is 3. The molecule has 0 aromatic heterocycles. The highest BCUT2D eigenvalue weighted by Crippen LogP contribution is 2.11. The van der Waals surface area contributed by atoms with Gasteiger partial charge in [0.15, 0.2) is 0 Å². The Morgan fingerprint density at radius 1 is 1.07 bits per heavy atom. The third-order valence-electron chi connectivity index (χ3n) is 2.01. The normalized spacial score (nSPS) is 11.5. The van der Waals surface area contributed by atoms with Gasteiger partial charge in [-0.25, -0.2) is 0 Å². The molecule has 0 saturated carbocycles. The lowest BCUT2D eigenvalue weighted by Crippen LogP contribution is -2.23. The van der Waals surface area contributed by atoms with Crippen molar-refractivity contribution in [1.82, 2.24) is 0 Å². The molecule has 0 radical (unpaired) electrons. The topological polar surface area (TPSA) is 52.3 Å². The highest BCUT2D eigenvalue weighted by atomic mass is 16.6. The Balaban J connectivity index is 3.32. The van der Waals surface area contributed by atoms with Crippen molar-refractivity contribution in [2.45, 2.75) is 64.9 Å². The van der Waals surface area contributed by atoms with Crippen LogP contribution in [-0.4, -0.2) is 18.1 Å². The molecule has 0 bridgehead atoms. The zero-order chi connectivity index (χ0) is 11.7. The molecule has 3 nitrogen and oxygen atoms in total. The molecule has 90 valence electrons. The Bertz CT molecular complexity index is 173. The van der Waals surface area contributed by atoms with Crippen LogP contribution in [0.15, 0.2) is 0 Å². The van der Waals surface area contributed by atoms with Crippen LogP contribution >= 0.6 is 0 Å². The van der Waals surface area contributed by atoms with Crippen molar-refractivity contribution < 1.29 is 9.53 Å². The van der Waals surface area contributed by atoms with Crippen molar-refractivity contribution in [1.29, 1.82) is 0 Å². The van der Waals surface area contributed by atoms with E-state index in [2.05, 4.69) is 0 Å². The van der Waals surface area contributed by atoms with Crippen LogP contribution in [0.25, 0.3) is 0 Å². The van der Waals surface area contributed by atoms with Crippen molar-refractivity contribution in [3.8, 4) is 0 Å². The number of esters is 1. The summed E-state index contributed by atoms with van der Waals surface area (Å²) in [7, 11) is 0. The van der Waals surface area contributed by atoms with Crippen molar-refractivity contribution >= 4 is 5.97 Å². The Morgan fingerprint density at radius 3 is 2.13 bits per heavy atom. The third kappa shape index (κ3) is 11.4. The van der Waals surface area contributed by atoms with Crippen LogP contribution in [0.3, 0.4) is 0 Å². The molecule has 15 heavy (non-hydrogen) atoms. The van der Waals surface area contributed by atoms with Gasteiger partial charge in [-0.1, -0.05) is 19.3 Å². The van der Waals surface area contributed by atoms with E-state index in [0.29, 0.717) is 6.42 Å². The summed E-state index contributed by atoms with van der Waals surface area (Å²) in [6, 6.07) is 0. The average molecular weight is 215 g/mol. The first kappa shape index (κ1) is 14.4. The fourth-order valence-corrected chi connectivity index (χ4v) is 1.34. The zero-order valence-electron chi connectivity index (χ0n) is 10.3. The fraction of sp³-hybridized carbons (Fsp3) is 0.917. The summed E-state index contributed by atoms with van der Waals surface area (Å²) in [6.45, 7) is 6.45. The van der Waals surface area contributed by atoms with E-state index in [9.17, 15) is 4.79 Å². The number of ether oxygens (including phenoxy) is 1. The molecule has 0 aromatic rings. The fourth-order valence-electron chi connectivity index (χ4n) is 1.34. The van der Waals surface area contributed by atoms with Crippen LogP contribution in [0.4, 0.5) is 0 Å². The summed E-state index contributed by atoms with van der Waals surface area (Å²) < 4.78 is 5.21. The highest BCUT2D eigenvalue weighted by molar-refractivity contribution is 5.69. The molecule has 0 heterocycles. The Kier molecular flexibility index (Phi) is 7.39. The maximum Gasteiger partial charge on any atom is 0.306 e. The van der Waals surface area contributed by atoms with Crippen LogP contribution in [0.5, 0.6) is 0 Å². The Morgan fingerprint density at radius 2 is 1.60 bits per heavy atom. The number of carbonyl (C=O) groups is 1. The van der Waals surface area contributed by atoms with Crippen LogP contribution in [0, 0.1) is 0 Å². The smallest absolute Gasteiger partial charge is 0.306 e. The molecule has 0 saturated heterocycles. The lowest BCUT2D eigenvalue weighted by molar-refractivity contribution is -0.154. The van der Waals surface area contributed by atoms with Gasteiger partial charge in [-0.3, -0.25) is 4.79 Å². The first-order valence-electron chi connectivity index (χ1n) is 5.87. The van der Waals surface area contributed by atoms with Gasteiger partial charge in [0, 0.05) is 6.42 Å². The van der Waals surface area contributed by atoms with Gasteiger partial charge >= 0.3 is 5.97 Å². The molecule has 2 N–H and O–H groups in total. The highest BCUT2D eigenvalue weighted by Gasteiger charge is 2.15. The maximum absolute atomic E-state index is 11.3. The first-order valence-corrected chi connectivity index (χ1v) is 5.87. The predicted molar refractivity (Wildman–Crippen MR) is 62.6 cm³/mol. The minimum atomic E-state index is -0.351. The van der Waals surface area contributed by atoms with Gasteiger partial charge in [-0.2, -0.15) is 0 Å². The van der Waals surface area contributed by atoms with Gasteiger partial charge in [0.2, 0.25) is 0 Å². The molecule has 3 heteroatoms. The predicted octanol–water partition coefficient (Wildman–Crippen LogP) is 2.63. The molecule has 0 atom stereocenters. The van der Waals surface area contributed by atoms with Gasteiger partial charge in [-0.15, -0.1) is 0 Å². The number of nitrogens with two attached hydrogens (primary N) is 1. The summed E-state index contributed by atoms with van der Waals surface area (Å²) >= 11 is 0. The van der Waals surface area contributed by atoms with Gasteiger partial charge < -0.3 is 10.5 Å². The molecule has 0 spiro atoms. The SMILES string of the molecule is CC(C)(C)OC(=O)CCCCCCCN. The Labute approximate surface area is 93.4 Å². The van der Waals surface area contributed by atoms with E-state index in [-0.39, 0.29) is 11.6 Å². The largest absolute Gasteiger partial charge is 0.460 e. The van der Waals surface area contributed by atoms with Gasteiger partial charge in [0.1, 0.15) is 5.60 Å². The number of carbonyl (C=O) groups excluding carboxylic acids is 1. The van der Waals surface area contributed by atoms with E-state index in [1.165, 1.54) is 12.8 Å². The molecule has 0 fully saturated rings. The minimum Gasteiger partial charge on any atom is -0.460 e. The van der Waals surface area contributed by atoms with E-state index >= 15 is 0 Å². The van der Waals surface area contributed by atoms with Crippen LogP contribution in [0.2, 0.25) is 0 Å². The molecule has 0 unspecified atom stereocenters. The Hall–Kier alpha value is -0.570. The molecule has 0 aliphatic heterocycles. The van der Waals surface area contributed by atoms with E-state index in [0.717, 1.165) is 25.8 Å². The van der Waals surface area contributed by atoms with Crippen LogP contribution in [-0.2, 0) is 9.53 Å². The van der Waals surface area contributed by atoms with E-state index in [1.54, 1.807) is 0 Å². The summed E-state index contributed by atoms with van der Waals surface area (Å²) in [6.07, 6.45) is 6.00. The van der Waals surface area contributed by atoms with Gasteiger partial charge in [0.25, 0.3) is 0 Å². The first-order chi connectivity index (χ1) is 6.95. The summed E-state index contributed by atoms with van der Waals surface area (Å²) in [5.41, 5.74) is 5.04. The molecule has 0 aliphatic carbocycles. The van der Waals surface area contributed by atoms with Crippen molar-refractivity contribution in [3.63, 3.8) is 0 Å². The summed E-state index contributed by atoms with van der Waals surface area (Å²) in [5, 5.41) is 0. The lowest BCUT2D eigenvalue weighted by atomic mass is 10.1.